The predicted octanol–water partition coefficient (Wildman–Crippen LogP) is 4.84. The summed E-state index contributed by atoms with van der Waals surface area (Å²) >= 11 is 6.27. The lowest BCUT2D eigenvalue weighted by atomic mass is 9.98. The molecule has 0 bridgehead atoms. The average Bonchev–Trinajstić information content (AvgIpc) is 3.49. The van der Waals surface area contributed by atoms with Gasteiger partial charge in [-0.2, -0.15) is 15.1 Å². The monoisotopic (exact) mass is 464 g/mol. The van der Waals surface area contributed by atoms with Crippen LogP contribution >= 0.6 is 11.6 Å². The zero-order valence-electron chi connectivity index (χ0n) is 18.9. The van der Waals surface area contributed by atoms with Crippen LogP contribution in [0.4, 0.5) is 5.82 Å². The molecule has 3 aromatic rings. The number of hydrogen-bond donors (Lipinski definition) is 1. The molecule has 1 saturated heterocycles. The number of rotatable bonds is 8. The third-order valence-electron chi connectivity index (χ3n) is 6.39. The van der Waals surface area contributed by atoms with Crippen molar-refractivity contribution in [2.24, 2.45) is 0 Å². The molecule has 1 aliphatic carbocycles. The summed E-state index contributed by atoms with van der Waals surface area (Å²) < 4.78 is 7.15. The van der Waals surface area contributed by atoms with Gasteiger partial charge in [0, 0.05) is 13.1 Å². The van der Waals surface area contributed by atoms with Gasteiger partial charge in [0.15, 0.2) is 5.65 Å². The van der Waals surface area contributed by atoms with E-state index in [9.17, 15) is 0 Å². The number of likely N-dealkylation sites (tertiary alicyclic amines) is 1. The van der Waals surface area contributed by atoms with Crippen molar-refractivity contribution < 1.29 is 4.74 Å². The van der Waals surface area contributed by atoms with Crippen LogP contribution in [0.2, 0.25) is 5.28 Å². The fourth-order valence-corrected chi connectivity index (χ4v) is 4.68. The standard InChI is InChI=1S/C25H29ClN6O/c1-33-21-10-8-18(9-11-21)14-27-23-22-15-28-32(24(22)30-25(26)29-23)17-20-6-4-19(5-7-20)16-31-12-2-3-13-31/h4,6,8-11,15H,2-3,5,7,12-14,16-17H2,1H3,(H,27,29,30). The smallest absolute Gasteiger partial charge is 0.226 e. The first-order valence-electron chi connectivity index (χ1n) is 11.5. The Kier molecular flexibility index (Phi) is 6.60. The molecule has 0 unspecified atom stereocenters. The molecule has 1 N–H and O–H groups in total. The number of ether oxygens (including phenoxy) is 1. The minimum Gasteiger partial charge on any atom is -0.497 e. The third kappa shape index (κ3) is 5.20. The molecule has 2 aromatic heterocycles. The SMILES string of the molecule is COc1ccc(CNc2nc(Cl)nc3c2cnn3CC2=CC=C(CN3CCCC3)CC2)cc1. The van der Waals surface area contributed by atoms with Crippen LogP contribution in [0.5, 0.6) is 5.75 Å². The van der Waals surface area contributed by atoms with Gasteiger partial charge in [-0.05, 0) is 73.6 Å². The number of fused-ring (bicyclic) bond motifs is 1. The van der Waals surface area contributed by atoms with Crippen LogP contribution in [0.3, 0.4) is 0 Å². The molecule has 1 aromatic carbocycles. The summed E-state index contributed by atoms with van der Waals surface area (Å²) in [4.78, 5) is 11.4. The largest absolute Gasteiger partial charge is 0.497 e. The fraction of sp³-hybridized carbons (Fsp3) is 0.400. The van der Waals surface area contributed by atoms with Gasteiger partial charge in [0.25, 0.3) is 0 Å². The number of halogens is 1. The lowest BCUT2D eigenvalue weighted by Gasteiger charge is -2.20. The molecule has 0 saturated carbocycles. The van der Waals surface area contributed by atoms with E-state index in [4.69, 9.17) is 16.3 Å². The number of hydrogen-bond acceptors (Lipinski definition) is 6. The normalized spacial score (nSPS) is 16.7. The first-order chi connectivity index (χ1) is 16.2. The van der Waals surface area contributed by atoms with Crippen molar-refractivity contribution in [3.05, 3.63) is 64.6 Å². The molecule has 7 nitrogen and oxygen atoms in total. The van der Waals surface area contributed by atoms with Gasteiger partial charge < -0.3 is 10.1 Å². The van der Waals surface area contributed by atoms with Crippen LogP contribution in [0.1, 0.15) is 31.2 Å². The highest BCUT2D eigenvalue weighted by molar-refractivity contribution is 6.28. The van der Waals surface area contributed by atoms with Crippen molar-refractivity contribution in [3.8, 4) is 5.75 Å². The molecule has 3 heterocycles. The minimum atomic E-state index is 0.215. The zero-order chi connectivity index (χ0) is 22.6. The van der Waals surface area contributed by atoms with E-state index in [2.05, 4.69) is 37.4 Å². The number of benzene rings is 1. The highest BCUT2D eigenvalue weighted by atomic mass is 35.5. The van der Waals surface area contributed by atoms with Gasteiger partial charge in [0.05, 0.1) is 25.2 Å². The van der Waals surface area contributed by atoms with E-state index in [1.807, 2.05) is 35.1 Å². The quantitative estimate of drug-likeness (QED) is 0.481. The fourth-order valence-electron chi connectivity index (χ4n) is 4.52. The maximum Gasteiger partial charge on any atom is 0.226 e. The summed E-state index contributed by atoms with van der Waals surface area (Å²) in [6.07, 6.45) is 11.2. The first-order valence-corrected chi connectivity index (χ1v) is 11.9. The zero-order valence-corrected chi connectivity index (χ0v) is 19.7. The Morgan fingerprint density at radius 1 is 1.00 bits per heavy atom. The molecule has 0 spiro atoms. The van der Waals surface area contributed by atoms with Crippen molar-refractivity contribution in [1.82, 2.24) is 24.6 Å². The summed E-state index contributed by atoms with van der Waals surface area (Å²) in [7, 11) is 1.66. The van der Waals surface area contributed by atoms with Gasteiger partial charge in [0.1, 0.15) is 11.6 Å². The molecule has 0 amide bonds. The molecule has 5 rings (SSSR count). The second-order valence-corrected chi connectivity index (χ2v) is 9.05. The number of anilines is 1. The Morgan fingerprint density at radius 2 is 1.73 bits per heavy atom. The van der Waals surface area contributed by atoms with Crippen molar-refractivity contribution in [2.75, 3.05) is 32.1 Å². The minimum absolute atomic E-state index is 0.215. The molecule has 33 heavy (non-hydrogen) atoms. The molecule has 0 atom stereocenters. The van der Waals surface area contributed by atoms with Gasteiger partial charge in [-0.25, -0.2) is 4.68 Å². The highest BCUT2D eigenvalue weighted by Crippen LogP contribution is 2.26. The van der Waals surface area contributed by atoms with E-state index in [0.29, 0.717) is 18.9 Å². The maximum absolute atomic E-state index is 6.27. The number of allylic oxidation sites excluding steroid dienone is 3. The first kappa shape index (κ1) is 21.9. The summed E-state index contributed by atoms with van der Waals surface area (Å²) in [5.41, 5.74) is 4.75. The molecular weight excluding hydrogens is 436 g/mol. The van der Waals surface area contributed by atoms with E-state index in [1.165, 1.54) is 37.1 Å². The maximum atomic E-state index is 6.27. The van der Waals surface area contributed by atoms with E-state index in [0.717, 1.165) is 41.7 Å². The van der Waals surface area contributed by atoms with Crippen molar-refractivity contribution in [1.29, 1.82) is 0 Å². The lowest BCUT2D eigenvalue weighted by Crippen LogP contribution is -2.22. The second-order valence-electron chi connectivity index (χ2n) is 8.72. The number of aromatic nitrogens is 4. The summed E-state index contributed by atoms with van der Waals surface area (Å²) in [6, 6.07) is 7.94. The third-order valence-corrected chi connectivity index (χ3v) is 6.56. The van der Waals surface area contributed by atoms with Crippen molar-refractivity contribution in [2.45, 2.75) is 38.8 Å². The number of methoxy groups -OCH3 is 1. The lowest BCUT2D eigenvalue weighted by molar-refractivity contribution is 0.364. The van der Waals surface area contributed by atoms with Crippen LogP contribution in [0.15, 0.2) is 53.8 Å². The second kappa shape index (κ2) is 9.93. The Hall–Kier alpha value is -2.90. The van der Waals surface area contributed by atoms with Crippen LogP contribution in [-0.4, -0.2) is 51.4 Å². The van der Waals surface area contributed by atoms with Gasteiger partial charge in [-0.15, -0.1) is 0 Å². The Morgan fingerprint density at radius 3 is 2.42 bits per heavy atom. The van der Waals surface area contributed by atoms with Crippen LogP contribution < -0.4 is 10.1 Å². The molecule has 172 valence electrons. The molecule has 8 heteroatoms. The molecule has 2 aliphatic rings. The topological polar surface area (TPSA) is 68.1 Å². The molecule has 1 aliphatic heterocycles. The van der Waals surface area contributed by atoms with Crippen LogP contribution in [0.25, 0.3) is 11.0 Å². The van der Waals surface area contributed by atoms with E-state index in [-0.39, 0.29) is 5.28 Å². The van der Waals surface area contributed by atoms with Gasteiger partial charge >= 0.3 is 0 Å². The summed E-state index contributed by atoms with van der Waals surface area (Å²) in [6.45, 7) is 4.92. The Bertz CT molecular complexity index is 1180. The number of nitrogens with zero attached hydrogens (tertiary/aromatic N) is 5. The van der Waals surface area contributed by atoms with E-state index in [1.54, 1.807) is 7.11 Å². The van der Waals surface area contributed by atoms with Crippen LogP contribution in [0, 0.1) is 0 Å². The average molecular weight is 465 g/mol. The van der Waals surface area contributed by atoms with E-state index >= 15 is 0 Å². The molecular formula is C25H29ClN6O. The summed E-state index contributed by atoms with van der Waals surface area (Å²) in [5.74, 6) is 1.53. The summed E-state index contributed by atoms with van der Waals surface area (Å²) in [5, 5.41) is 9.07. The van der Waals surface area contributed by atoms with Crippen molar-refractivity contribution >= 4 is 28.5 Å². The molecule has 0 radical (unpaired) electrons. The number of nitrogens with one attached hydrogen (secondary N) is 1. The van der Waals surface area contributed by atoms with Gasteiger partial charge in [-0.3, -0.25) is 4.90 Å². The predicted molar refractivity (Wildman–Crippen MR) is 132 cm³/mol. The molecule has 1 fully saturated rings. The Balaban J connectivity index is 1.29. The highest BCUT2D eigenvalue weighted by Gasteiger charge is 2.17. The van der Waals surface area contributed by atoms with Gasteiger partial charge in [0.2, 0.25) is 5.28 Å². The Labute approximate surface area is 199 Å². The van der Waals surface area contributed by atoms with Crippen molar-refractivity contribution in [3.63, 3.8) is 0 Å². The van der Waals surface area contributed by atoms with Crippen LogP contribution in [-0.2, 0) is 13.1 Å². The van der Waals surface area contributed by atoms with E-state index < -0.39 is 0 Å². The van der Waals surface area contributed by atoms with Gasteiger partial charge in [-0.1, -0.05) is 29.9 Å².